The van der Waals surface area contributed by atoms with Gasteiger partial charge in [-0.1, -0.05) is 25.8 Å². The summed E-state index contributed by atoms with van der Waals surface area (Å²) in [6.45, 7) is 8.19. The van der Waals surface area contributed by atoms with E-state index in [0.717, 1.165) is 50.6 Å². The van der Waals surface area contributed by atoms with Crippen molar-refractivity contribution in [2.45, 2.75) is 33.1 Å². The summed E-state index contributed by atoms with van der Waals surface area (Å²) in [5.41, 5.74) is 2.34. The highest BCUT2D eigenvalue weighted by molar-refractivity contribution is 5.74. The second-order valence-corrected chi connectivity index (χ2v) is 6.09. The van der Waals surface area contributed by atoms with Gasteiger partial charge in [-0.05, 0) is 31.0 Å². The van der Waals surface area contributed by atoms with E-state index in [4.69, 9.17) is 4.74 Å². The van der Waals surface area contributed by atoms with Gasteiger partial charge in [0.2, 0.25) is 0 Å². The average molecular weight is 319 g/mol. The van der Waals surface area contributed by atoms with E-state index in [0.29, 0.717) is 0 Å². The van der Waals surface area contributed by atoms with Crippen LogP contribution in [-0.2, 0) is 0 Å². The summed E-state index contributed by atoms with van der Waals surface area (Å²) in [6, 6.07) is 6.29. The fourth-order valence-corrected chi connectivity index (χ4v) is 2.88. The van der Waals surface area contributed by atoms with Gasteiger partial charge in [0, 0.05) is 32.7 Å². The van der Waals surface area contributed by atoms with Crippen molar-refractivity contribution in [2.75, 3.05) is 44.7 Å². The Morgan fingerprint density at radius 1 is 1.22 bits per heavy atom. The maximum Gasteiger partial charge on any atom is 0.317 e. The van der Waals surface area contributed by atoms with Crippen molar-refractivity contribution in [1.82, 2.24) is 10.2 Å². The molecule has 1 fully saturated rings. The van der Waals surface area contributed by atoms with Crippen LogP contribution in [-0.4, -0.2) is 50.8 Å². The number of carbonyl (C=O) groups excluding carboxylic acids is 1. The van der Waals surface area contributed by atoms with Crippen LogP contribution in [0.25, 0.3) is 0 Å². The van der Waals surface area contributed by atoms with Gasteiger partial charge in [-0.25, -0.2) is 4.79 Å². The molecule has 1 aliphatic heterocycles. The minimum Gasteiger partial charge on any atom is -0.495 e. The number of hydrogen-bond donors (Lipinski definition) is 1. The van der Waals surface area contributed by atoms with Gasteiger partial charge in [0.15, 0.2) is 0 Å². The lowest BCUT2D eigenvalue weighted by Crippen LogP contribution is -2.52. The molecule has 1 aliphatic rings. The molecule has 5 heteroatoms. The van der Waals surface area contributed by atoms with Gasteiger partial charge in [0.05, 0.1) is 12.8 Å². The molecular weight excluding hydrogens is 290 g/mol. The molecule has 1 aromatic rings. The highest BCUT2D eigenvalue weighted by atomic mass is 16.5. The lowest BCUT2D eigenvalue weighted by Gasteiger charge is -2.36. The van der Waals surface area contributed by atoms with Crippen molar-refractivity contribution in [2.24, 2.45) is 0 Å². The van der Waals surface area contributed by atoms with Crippen molar-refractivity contribution in [1.29, 1.82) is 0 Å². The van der Waals surface area contributed by atoms with Crippen LogP contribution in [0.15, 0.2) is 18.2 Å². The van der Waals surface area contributed by atoms with E-state index < -0.39 is 0 Å². The summed E-state index contributed by atoms with van der Waals surface area (Å²) in [4.78, 5) is 16.4. The van der Waals surface area contributed by atoms with E-state index in [1.807, 2.05) is 11.0 Å². The number of nitrogens with one attached hydrogen (secondary N) is 1. The third-order valence-electron chi connectivity index (χ3n) is 4.30. The molecule has 5 nitrogen and oxygen atoms in total. The van der Waals surface area contributed by atoms with Crippen LogP contribution in [0.3, 0.4) is 0 Å². The second kappa shape index (κ2) is 8.65. The van der Waals surface area contributed by atoms with Crippen LogP contribution < -0.4 is 15.0 Å². The zero-order valence-electron chi connectivity index (χ0n) is 14.6. The number of anilines is 1. The molecule has 0 aliphatic carbocycles. The van der Waals surface area contributed by atoms with Crippen LogP contribution in [0.5, 0.6) is 5.75 Å². The Kier molecular flexibility index (Phi) is 6.56. The Bertz CT molecular complexity index is 511. The SMILES string of the molecule is CCCCCNC(=O)N1CCN(c2cc(C)ccc2OC)CC1. The number of carbonyl (C=O) groups is 1. The summed E-state index contributed by atoms with van der Waals surface area (Å²) in [7, 11) is 1.70. The van der Waals surface area contributed by atoms with E-state index in [-0.39, 0.29) is 6.03 Å². The highest BCUT2D eigenvalue weighted by Crippen LogP contribution is 2.29. The first-order valence-electron chi connectivity index (χ1n) is 8.58. The summed E-state index contributed by atoms with van der Waals surface area (Å²) < 4.78 is 5.47. The van der Waals surface area contributed by atoms with Gasteiger partial charge >= 0.3 is 6.03 Å². The quantitative estimate of drug-likeness (QED) is 0.820. The first-order valence-corrected chi connectivity index (χ1v) is 8.58. The molecule has 1 saturated heterocycles. The molecular formula is C18H29N3O2. The van der Waals surface area contributed by atoms with Crippen LogP contribution in [0.4, 0.5) is 10.5 Å². The van der Waals surface area contributed by atoms with Crippen LogP contribution >= 0.6 is 0 Å². The second-order valence-electron chi connectivity index (χ2n) is 6.09. The molecule has 0 spiro atoms. The normalized spacial score (nSPS) is 14.7. The molecule has 0 aromatic heterocycles. The smallest absolute Gasteiger partial charge is 0.317 e. The monoisotopic (exact) mass is 319 g/mol. The van der Waals surface area contributed by atoms with Gasteiger partial charge < -0.3 is 19.9 Å². The number of methoxy groups -OCH3 is 1. The van der Waals surface area contributed by atoms with E-state index in [1.54, 1.807) is 7.11 Å². The molecule has 1 aromatic carbocycles. The fraction of sp³-hybridized carbons (Fsp3) is 0.611. The maximum absolute atomic E-state index is 12.2. The Labute approximate surface area is 139 Å². The van der Waals surface area contributed by atoms with Gasteiger partial charge in [0.25, 0.3) is 0 Å². The highest BCUT2D eigenvalue weighted by Gasteiger charge is 2.22. The molecule has 1 heterocycles. The van der Waals surface area contributed by atoms with Gasteiger partial charge in [-0.2, -0.15) is 0 Å². The Morgan fingerprint density at radius 2 is 1.96 bits per heavy atom. The number of nitrogens with zero attached hydrogens (tertiary/aromatic N) is 2. The zero-order chi connectivity index (χ0) is 16.7. The molecule has 23 heavy (non-hydrogen) atoms. The standard InChI is InChI=1S/C18H29N3O2/c1-4-5-6-9-19-18(22)21-12-10-20(11-13-21)16-14-15(2)7-8-17(16)23-3/h7-8,14H,4-6,9-13H2,1-3H3,(H,19,22). The van der Waals surface area contributed by atoms with E-state index in [1.165, 1.54) is 18.4 Å². The predicted octanol–water partition coefficient (Wildman–Crippen LogP) is 3.03. The van der Waals surface area contributed by atoms with E-state index >= 15 is 0 Å². The van der Waals surface area contributed by atoms with Crippen LogP contribution in [0.1, 0.15) is 31.7 Å². The number of unbranched alkanes of at least 4 members (excludes halogenated alkanes) is 2. The number of benzene rings is 1. The molecule has 0 unspecified atom stereocenters. The topological polar surface area (TPSA) is 44.8 Å². The summed E-state index contributed by atoms with van der Waals surface area (Å²) in [6.07, 6.45) is 3.40. The first-order chi connectivity index (χ1) is 11.2. The Balaban J connectivity index is 1.86. The number of aryl methyl sites for hydroxylation is 1. The number of piperazine rings is 1. The number of urea groups is 1. The average Bonchev–Trinajstić information content (AvgIpc) is 2.58. The summed E-state index contributed by atoms with van der Waals surface area (Å²) >= 11 is 0. The molecule has 0 atom stereocenters. The summed E-state index contributed by atoms with van der Waals surface area (Å²) in [5.74, 6) is 0.896. The Morgan fingerprint density at radius 3 is 2.61 bits per heavy atom. The molecule has 2 amide bonds. The van der Waals surface area contributed by atoms with E-state index in [2.05, 4.69) is 36.2 Å². The molecule has 128 valence electrons. The maximum atomic E-state index is 12.2. The predicted molar refractivity (Wildman–Crippen MR) is 94.4 cm³/mol. The van der Waals surface area contributed by atoms with Crippen molar-refractivity contribution in [3.8, 4) is 5.75 Å². The fourth-order valence-electron chi connectivity index (χ4n) is 2.88. The van der Waals surface area contributed by atoms with Crippen molar-refractivity contribution < 1.29 is 9.53 Å². The van der Waals surface area contributed by atoms with Crippen molar-refractivity contribution >= 4 is 11.7 Å². The minimum absolute atomic E-state index is 0.0666. The molecule has 2 rings (SSSR count). The minimum atomic E-state index is 0.0666. The molecule has 1 N–H and O–H groups in total. The lowest BCUT2D eigenvalue weighted by atomic mass is 10.1. The van der Waals surface area contributed by atoms with Crippen molar-refractivity contribution in [3.63, 3.8) is 0 Å². The van der Waals surface area contributed by atoms with Gasteiger partial charge in [-0.15, -0.1) is 0 Å². The molecule has 0 radical (unpaired) electrons. The number of amides is 2. The number of rotatable bonds is 6. The molecule has 0 saturated carbocycles. The summed E-state index contributed by atoms with van der Waals surface area (Å²) in [5, 5.41) is 3.02. The van der Waals surface area contributed by atoms with Gasteiger partial charge in [0.1, 0.15) is 5.75 Å². The molecule has 0 bridgehead atoms. The van der Waals surface area contributed by atoms with Gasteiger partial charge in [-0.3, -0.25) is 0 Å². The number of hydrogen-bond acceptors (Lipinski definition) is 3. The van der Waals surface area contributed by atoms with Crippen LogP contribution in [0.2, 0.25) is 0 Å². The zero-order valence-corrected chi connectivity index (χ0v) is 14.6. The van der Waals surface area contributed by atoms with E-state index in [9.17, 15) is 4.79 Å². The Hall–Kier alpha value is -1.91. The largest absolute Gasteiger partial charge is 0.495 e. The lowest BCUT2D eigenvalue weighted by molar-refractivity contribution is 0.194. The van der Waals surface area contributed by atoms with Crippen LogP contribution in [0, 0.1) is 6.92 Å². The third-order valence-corrected chi connectivity index (χ3v) is 4.30. The third kappa shape index (κ3) is 4.78. The van der Waals surface area contributed by atoms with Crippen molar-refractivity contribution in [3.05, 3.63) is 23.8 Å². The number of ether oxygens (including phenoxy) is 1. The first kappa shape index (κ1) is 17.4.